The summed E-state index contributed by atoms with van der Waals surface area (Å²) in [6, 6.07) is 6.37. The summed E-state index contributed by atoms with van der Waals surface area (Å²) < 4.78 is 22.5. The lowest BCUT2D eigenvalue weighted by Gasteiger charge is -2.60. The number of hydrogen-bond donors (Lipinski definition) is 2. The molecule has 232 valence electrons. The van der Waals surface area contributed by atoms with Gasteiger partial charge in [-0.05, 0) is 105 Å². The lowest BCUT2D eigenvalue weighted by atomic mass is 9.45. The number of aliphatic hydroxyl groups excluding tert-OH is 1. The summed E-state index contributed by atoms with van der Waals surface area (Å²) in [5, 5.41) is 33.1. The molecule has 4 aliphatic rings. The number of rotatable bonds is 7. The van der Waals surface area contributed by atoms with E-state index < -0.39 is 17.1 Å². The normalized spacial score (nSPS) is 33.9. The van der Waals surface area contributed by atoms with E-state index in [9.17, 15) is 19.4 Å². The molecular weight excluding hydrogens is 559 g/mol. The number of aromatic nitrogens is 4. The van der Waals surface area contributed by atoms with E-state index >= 15 is 0 Å². The van der Waals surface area contributed by atoms with Crippen LogP contribution in [0.2, 0.25) is 0 Å². The molecule has 7 rings (SSSR count). The number of carbonyl (C=O) groups excluding carboxylic acids is 1. The molecule has 5 unspecified atom stereocenters. The summed E-state index contributed by atoms with van der Waals surface area (Å²) in [6.07, 6.45) is 10.9. The summed E-state index contributed by atoms with van der Waals surface area (Å²) in [5.74, 6) is 0.277. The van der Waals surface area contributed by atoms with Gasteiger partial charge in [0.15, 0.2) is 5.78 Å². The highest BCUT2D eigenvalue weighted by molar-refractivity contribution is 5.88. The zero-order chi connectivity index (χ0) is 31.0. The van der Waals surface area contributed by atoms with Crippen LogP contribution in [0.1, 0.15) is 69.7 Å². The maximum absolute atomic E-state index is 13.8. The highest BCUT2D eigenvalue weighted by atomic mass is 19.1. The van der Waals surface area contributed by atoms with Gasteiger partial charge in [0, 0.05) is 11.6 Å². The van der Waals surface area contributed by atoms with E-state index in [1.165, 1.54) is 17.7 Å². The lowest BCUT2D eigenvalue weighted by Crippen LogP contribution is -2.62. The molecule has 0 bridgehead atoms. The van der Waals surface area contributed by atoms with Crippen LogP contribution >= 0.6 is 0 Å². The Morgan fingerprint density at radius 3 is 2.70 bits per heavy atom. The van der Waals surface area contributed by atoms with Gasteiger partial charge < -0.3 is 14.9 Å². The van der Waals surface area contributed by atoms with Gasteiger partial charge in [-0.2, -0.15) is 10.2 Å². The molecule has 9 heteroatoms. The number of fused-ring (bicyclic) bond motifs is 6. The summed E-state index contributed by atoms with van der Waals surface area (Å²) in [5.41, 5.74) is 2.43. The van der Waals surface area contributed by atoms with E-state index in [1.807, 2.05) is 24.7 Å². The molecule has 3 fully saturated rings. The maximum atomic E-state index is 13.8. The van der Waals surface area contributed by atoms with Crippen molar-refractivity contribution in [3.8, 4) is 5.69 Å². The van der Waals surface area contributed by atoms with Gasteiger partial charge in [0.05, 0.1) is 42.0 Å². The molecule has 2 heterocycles. The molecule has 1 aromatic carbocycles. The van der Waals surface area contributed by atoms with Crippen molar-refractivity contribution in [1.29, 1.82) is 0 Å². The van der Waals surface area contributed by atoms with Crippen LogP contribution in [-0.4, -0.2) is 53.9 Å². The van der Waals surface area contributed by atoms with Gasteiger partial charge in [-0.25, -0.2) is 9.07 Å². The number of Topliss-reactive ketones (excluding diaryl/α,β-unsaturated/α-hetero) is 1. The van der Waals surface area contributed by atoms with Gasteiger partial charge in [0.25, 0.3) is 0 Å². The van der Waals surface area contributed by atoms with Crippen molar-refractivity contribution in [3.63, 3.8) is 0 Å². The van der Waals surface area contributed by atoms with Crippen LogP contribution in [0.25, 0.3) is 17.5 Å². The molecule has 0 amide bonds. The third kappa shape index (κ3) is 4.19. The summed E-state index contributed by atoms with van der Waals surface area (Å²) >= 11 is 0. The molecule has 0 aliphatic heterocycles. The first-order valence-electron chi connectivity index (χ1n) is 15.8. The zero-order valence-corrected chi connectivity index (χ0v) is 25.7. The highest BCUT2D eigenvalue weighted by Crippen LogP contribution is 2.67. The average molecular weight is 601 g/mol. The first-order chi connectivity index (χ1) is 21.0. The molecule has 0 saturated heterocycles. The number of aliphatic hydroxyl groups is 2. The van der Waals surface area contributed by atoms with Gasteiger partial charge in [0.1, 0.15) is 23.7 Å². The minimum absolute atomic E-state index is 0.0126. The van der Waals surface area contributed by atoms with Crippen molar-refractivity contribution in [1.82, 2.24) is 19.6 Å². The summed E-state index contributed by atoms with van der Waals surface area (Å²) in [4.78, 5) is 13.8. The monoisotopic (exact) mass is 600 g/mol. The standard InChI is InChI=1S/C35H41FN4O4/c1-5-44-21(2)23-18-37-39(19-23)20-31(42)35(43)13-12-28-27-11-6-24-14-29-22(17-38-40(29)26-9-7-25(36)8-10-26)15-33(24,3)32(27)30(41)16-34(28,35)4/h7-10,14,17-19,27-28,30,32,41,43H,2,5-6,11-13,15-16,20H2,1,3-4H3/t27?,28?,30-,32?,33?,34?,35-/m0/s1. The van der Waals surface area contributed by atoms with E-state index in [0.717, 1.165) is 42.6 Å². The van der Waals surface area contributed by atoms with Crippen LogP contribution in [-0.2, 0) is 22.5 Å². The maximum Gasteiger partial charge on any atom is 0.186 e. The fourth-order valence-electron chi connectivity index (χ4n) is 9.57. The van der Waals surface area contributed by atoms with Crippen LogP contribution in [0.4, 0.5) is 4.39 Å². The van der Waals surface area contributed by atoms with Gasteiger partial charge in [-0.15, -0.1) is 0 Å². The lowest BCUT2D eigenvalue weighted by molar-refractivity contribution is -0.180. The number of nitrogens with zero attached hydrogens (tertiary/aromatic N) is 4. The molecule has 2 N–H and O–H groups in total. The second kappa shape index (κ2) is 10.2. The Bertz CT molecular complexity index is 1660. The highest BCUT2D eigenvalue weighted by Gasteiger charge is 2.68. The van der Waals surface area contributed by atoms with Gasteiger partial charge in [-0.1, -0.05) is 26.0 Å². The Morgan fingerprint density at radius 1 is 1.18 bits per heavy atom. The van der Waals surface area contributed by atoms with E-state index in [1.54, 1.807) is 29.2 Å². The van der Waals surface area contributed by atoms with Crippen molar-refractivity contribution >= 4 is 17.6 Å². The minimum atomic E-state index is -1.54. The third-order valence-corrected chi connectivity index (χ3v) is 11.7. The Morgan fingerprint density at radius 2 is 1.95 bits per heavy atom. The van der Waals surface area contributed by atoms with Crippen LogP contribution in [0, 0.1) is 34.4 Å². The second-order valence-corrected chi connectivity index (χ2v) is 13.8. The number of halogens is 1. The smallest absolute Gasteiger partial charge is 0.186 e. The largest absolute Gasteiger partial charge is 0.494 e. The number of ether oxygens (including phenoxy) is 1. The zero-order valence-electron chi connectivity index (χ0n) is 25.7. The SMILES string of the molecule is C=C(OCC)c1cnn(CC(=O)[C@@]2(O)CCC3C4CCC5=Cc6c(cnn6-c6ccc(F)cc6)CC5(C)C4[C@@H](O)CC32C)c1. The van der Waals surface area contributed by atoms with Gasteiger partial charge in [-0.3, -0.25) is 9.48 Å². The second-order valence-electron chi connectivity index (χ2n) is 13.8. The Hall–Kier alpha value is -3.56. The first kappa shape index (κ1) is 29.2. The Kier molecular flexibility index (Phi) is 6.79. The first-order valence-corrected chi connectivity index (χ1v) is 15.8. The molecular formula is C35H41FN4O4. The van der Waals surface area contributed by atoms with Crippen molar-refractivity contribution < 1.29 is 24.1 Å². The molecule has 0 radical (unpaired) electrons. The van der Waals surface area contributed by atoms with E-state index in [2.05, 4.69) is 29.8 Å². The Balaban J connectivity index is 1.14. The van der Waals surface area contributed by atoms with E-state index in [-0.39, 0.29) is 41.3 Å². The average Bonchev–Trinajstić information content (AvgIpc) is 3.68. The topological polar surface area (TPSA) is 102 Å². The van der Waals surface area contributed by atoms with E-state index in [0.29, 0.717) is 30.8 Å². The molecule has 4 aliphatic carbocycles. The van der Waals surface area contributed by atoms with E-state index in [4.69, 9.17) is 4.74 Å². The molecule has 0 spiro atoms. The fourth-order valence-corrected chi connectivity index (χ4v) is 9.57. The van der Waals surface area contributed by atoms with Gasteiger partial charge in [0.2, 0.25) is 0 Å². The molecule has 7 atom stereocenters. The fraction of sp³-hybridized carbons (Fsp3) is 0.514. The van der Waals surface area contributed by atoms with Gasteiger partial charge >= 0.3 is 0 Å². The molecule has 3 aromatic rings. The van der Waals surface area contributed by atoms with Crippen LogP contribution < -0.4 is 0 Å². The quantitative estimate of drug-likeness (QED) is 0.354. The summed E-state index contributed by atoms with van der Waals surface area (Å²) in [6.45, 7) is 10.5. The Labute approximate surface area is 257 Å². The van der Waals surface area contributed by atoms with Crippen molar-refractivity contribution in [3.05, 3.63) is 77.6 Å². The molecule has 8 nitrogen and oxygen atoms in total. The van der Waals surface area contributed by atoms with Crippen LogP contribution in [0.15, 0.2) is 55.0 Å². The molecule has 2 aromatic heterocycles. The third-order valence-electron chi connectivity index (χ3n) is 11.7. The number of hydrogen-bond acceptors (Lipinski definition) is 6. The minimum Gasteiger partial charge on any atom is -0.494 e. The number of ketones is 1. The molecule has 3 saturated carbocycles. The van der Waals surface area contributed by atoms with Crippen LogP contribution in [0.3, 0.4) is 0 Å². The number of carbonyl (C=O) groups is 1. The van der Waals surface area contributed by atoms with Crippen molar-refractivity contribution in [2.75, 3.05) is 6.61 Å². The summed E-state index contributed by atoms with van der Waals surface area (Å²) in [7, 11) is 0. The predicted octanol–water partition coefficient (Wildman–Crippen LogP) is 5.37. The van der Waals surface area contributed by atoms with Crippen molar-refractivity contribution in [2.45, 2.75) is 77.5 Å². The van der Waals surface area contributed by atoms with Crippen LogP contribution in [0.5, 0.6) is 0 Å². The molecule has 44 heavy (non-hydrogen) atoms. The number of benzene rings is 1. The predicted molar refractivity (Wildman–Crippen MR) is 164 cm³/mol. The number of allylic oxidation sites excluding steroid dienone is 1. The van der Waals surface area contributed by atoms with Crippen molar-refractivity contribution in [2.24, 2.45) is 28.6 Å².